The van der Waals surface area contributed by atoms with Crippen LogP contribution in [0.4, 0.5) is 0 Å². The monoisotopic (exact) mass is 558 g/mol. The molecule has 0 bridgehead atoms. The molecule has 0 unspecified atom stereocenters. The van der Waals surface area contributed by atoms with E-state index >= 15 is 0 Å². The van der Waals surface area contributed by atoms with Gasteiger partial charge in [-0.2, -0.15) is 0 Å². The molecule has 1 aliphatic heterocycles. The summed E-state index contributed by atoms with van der Waals surface area (Å²) in [6.07, 6.45) is 1.33. The molecule has 17 nitrogen and oxygen atoms in total. The third-order valence-corrected chi connectivity index (χ3v) is 5.84. The van der Waals surface area contributed by atoms with Gasteiger partial charge in [0.05, 0.1) is 26.1 Å². The van der Waals surface area contributed by atoms with Crippen LogP contribution in [0.1, 0.15) is 38.5 Å². The van der Waals surface area contributed by atoms with Crippen molar-refractivity contribution < 1.29 is 43.8 Å². The molecule has 6 amide bonds. The first-order valence-corrected chi connectivity index (χ1v) is 12.4. The number of likely N-dealkylation sites (tertiary alicyclic amines) is 1. The maximum atomic E-state index is 13.1. The van der Waals surface area contributed by atoms with E-state index in [0.29, 0.717) is 25.8 Å². The first kappa shape index (κ1) is 33.2. The molecule has 1 rings (SSSR count). The van der Waals surface area contributed by atoms with Crippen molar-refractivity contribution in [3.8, 4) is 0 Å². The molecule has 4 atom stereocenters. The second-order valence-corrected chi connectivity index (χ2v) is 8.95. The van der Waals surface area contributed by atoms with Gasteiger partial charge in [-0.15, -0.1) is 0 Å². The van der Waals surface area contributed by atoms with Crippen molar-refractivity contribution in [2.75, 3.05) is 32.8 Å². The molecule has 39 heavy (non-hydrogen) atoms. The number of hydrogen-bond acceptors (Lipinski definition) is 10. The van der Waals surface area contributed by atoms with Gasteiger partial charge in [0.1, 0.15) is 24.2 Å². The van der Waals surface area contributed by atoms with Crippen LogP contribution >= 0.6 is 0 Å². The molecule has 1 saturated heterocycles. The molecule has 0 aromatic heterocycles. The average Bonchev–Trinajstić information content (AvgIpc) is 3.38. The molecule has 0 aliphatic carbocycles. The van der Waals surface area contributed by atoms with Crippen molar-refractivity contribution in [1.82, 2.24) is 26.2 Å². The van der Waals surface area contributed by atoms with Crippen LogP contribution in [-0.4, -0.2) is 113 Å². The van der Waals surface area contributed by atoms with Crippen LogP contribution < -0.4 is 38.5 Å². The lowest BCUT2D eigenvalue weighted by Crippen LogP contribution is -2.56. The minimum atomic E-state index is -1.43. The number of aliphatic hydroxyl groups excluding tert-OH is 1. The third kappa shape index (κ3) is 11.6. The molecule has 0 radical (unpaired) electrons. The summed E-state index contributed by atoms with van der Waals surface area (Å²) in [4.78, 5) is 86.0. The lowest BCUT2D eigenvalue weighted by molar-refractivity contribution is -0.143. The van der Waals surface area contributed by atoms with Gasteiger partial charge in [-0.05, 0) is 38.6 Å². The summed E-state index contributed by atoms with van der Waals surface area (Å²) in [5.41, 5.74) is 15.9. The van der Waals surface area contributed by atoms with E-state index < -0.39 is 91.7 Å². The minimum Gasteiger partial charge on any atom is -0.480 e. The fourth-order valence-corrected chi connectivity index (χ4v) is 3.81. The van der Waals surface area contributed by atoms with Gasteiger partial charge in [-0.3, -0.25) is 28.8 Å². The lowest BCUT2D eigenvalue weighted by Gasteiger charge is -2.28. The second kappa shape index (κ2) is 16.9. The van der Waals surface area contributed by atoms with Crippen molar-refractivity contribution >= 4 is 41.4 Å². The first-order chi connectivity index (χ1) is 18.4. The maximum absolute atomic E-state index is 13.1. The lowest BCUT2D eigenvalue weighted by atomic mass is 10.1. The van der Waals surface area contributed by atoms with E-state index in [9.17, 15) is 38.7 Å². The number of rotatable bonds is 17. The Morgan fingerprint density at radius 1 is 0.949 bits per heavy atom. The molecule has 12 N–H and O–H groups in total. The normalized spacial score (nSPS) is 16.9. The number of carbonyl (C=O) groups excluding carboxylic acids is 6. The van der Waals surface area contributed by atoms with Crippen LogP contribution in [0, 0.1) is 0 Å². The minimum absolute atomic E-state index is 0.124. The predicted molar refractivity (Wildman–Crippen MR) is 134 cm³/mol. The highest BCUT2D eigenvalue weighted by Crippen LogP contribution is 2.19. The molecule has 1 fully saturated rings. The number of primary amides is 1. The zero-order chi connectivity index (χ0) is 29.5. The zero-order valence-electron chi connectivity index (χ0n) is 21.5. The Labute approximate surface area is 224 Å². The zero-order valence-corrected chi connectivity index (χ0v) is 21.5. The molecule has 220 valence electrons. The van der Waals surface area contributed by atoms with Crippen LogP contribution in [0.2, 0.25) is 0 Å². The standard InChI is InChI=1S/C22H38N8O9/c23-6-2-1-4-13(22(38)39)28-17(33)10-27-20(36)15-5-3-7-30(15)21(37)14(8-16(25)32)29-18(34)9-26-19(35)12(24)11-31/h12-15,31H,1-11,23-24H2,(H2,25,32)(H,26,35)(H,27,36)(H,28,33)(H,29,34)(H,38,39)/t12-,13-,14-,15-/m0/s1. The number of amides is 6. The van der Waals surface area contributed by atoms with Crippen LogP contribution in [0.3, 0.4) is 0 Å². The van der Waals surface area contributed by atoms with Gasteiger partial charge >= 0.3 is 5.97 Å². The van der Waals surface area contributed by atoms with Crippen LogP contribution in [0.15, 0.2) is 0 Å². The van der Waals surface area contributed by atoms with E-state index in [-0.39, 0.29) is 19.4 Å². The molecule has 17 heteroatoms. The number of hydrogen-bond donors (Lipinski definition) is 9. The van der Waals surface area contributed by atoms with E-state index in [0.717, 1.165) is 4.90 Å². The molecule has 0 saturated carbocycles. The van der Waals surface area contributed by atoms with Crippen molar-refractivity contribution in [2.45, 2.75) is 62.7 Å². The van der Waals surface area contributed by atoms with E-state index in [1.807, 2.05) is 0 Å². The van der Waals surface area contributed by atoms with E-state index in [4.69, 9.17) is 22.3 Å². The van der Waals surface area contributed by atoms with E-state index in [1.165, 1.54) is 0 Å². The highest BCUT2D eigenvalue weighted by atomic mass is 16.4. The highest BCUT2D eigenvalue weighted by Gasteiger charge is 2.38. The number of carboxylic acid groups (broad SMARTS) is 1. The Balaban J connectivity index is 2.75. The predicted octanol–water partition coefficient (Wildman–Crippen LogP) is -5.41. The maximum Gasteiger partial charge on any atom is 0.326 e. The summed E-state index contributed by atoms with van der Waals surface area (Å²) in [6, 6.07) is -4.84. The summed E-state index contributed by atoms with van der Waals surface area (Å²) in [6.45, 7) is -1.27. The largest absolute Gasteiger partial charge is 0.480 e. The van der Waals surface area contributed by atoms with E-state index in [1.54, 1.807) is 0 Å². The number of aliphatic hydroxyl groups is 1. The molecule has 0 aromatic carbocycles. The number of unbranched alkanes of at least 4 members (excludes halogenated alkanes) is 1. The SMILES string of the molecule is NCCCC[C@H](NC(=O)CNC(=O)[C@@H]1CCCN1C(=O)[C@H](CC(N)=O)NC(=O)CNC(=O)[C@@H](N)CO)C(=O)O. The number of carboxylic acids is 1. The fraction of sp³-hybridized carbons (Fsp3) is 0.682. The quantitative estimate of drug-likeness (QED) is 0.0759. The van der Waals surface area contributed by atoms with Gasteiger partial charge in [0.25, 0.3) is 0 Å². The van der Waals surface area contributed by atoms with E-state index in [2.05, 4.69) is 21.3 Å². The summed E-state index contributed by atoms with van der Waals surface area (Å²) in [5.74, 6) is -5.97. The van der Waals surface area contributed by atoms with Gasteiger partial charge in [-0.1, -0.05) is 0 Å². The third-order valence-electron chi connectivity index (χ3n) is 5.84. The number of nitrogens with two attached hydrogens (primary N) is 3. The molecular formula is C22H38N8O9. The molecule has 1 aliphatic rings. The van der Waals surface area contributed by atoms with Gasteiger partial charge in [0, 0.05) is 6.54 Å². The van der Waals surface area contributed by atoms with Crippen molar-refractivity contribution in [1.29, 1.82) is 0 Å². The van der Waals surface area contributed by atoms with Crippen molar-refractivity contribution in [3.63, 3.8) is 0 Å². The number of nitrogens with one attached hydrogen (secondary N) is 4. The molecule has 0 aromatic rings. The molecule has 1 heterocycles. The van der Waals surface area contributed by atoms with Crippen molar-refractivity contribution in [3.05, 3.63) is 0 Å². The Hall–Kier alpha value is -3.83. The average molecular weight is 559 g/mol. The topological polar surface area (TPSA) is 289 Å². The summed E-state index contributed by atoms with van der Waals surface area (Å²) < 4.78 is 0. The van der Waals surface area contributed by atoms with Crippen LogP contribution in [0.25, 0.3) is 0 Å². The number of carbonyl (C=O) groups is 7. The summed E-state index contributed by atoms with van der Waals surface area (Å²) in [7, 11) is 0. The van der Waals surface area contributed by atoms with Gasteiger partial charge in [0.15, 0.2) is 0 Å². The van der Waals surface area contributed by atoms with Gasteiger partial charge in [-0.25, -0.2) is 4.79 Å². The van der Waals surface area contributed by atoms with Gasteiger partial charge < -0.3 is 53.6 Å². The second-order valence-electron chi connectivity index (χ2n) is 8.95. The smallest absolute Gasteiger partial charge is 0.326 e. The number of aliphatic carboxylic acids is 1. The summed E-state index contributed by atoms with van der Waals surface area (Å²) in [5, 5.41) is 27.3. The van der Waals surface area contributed by atoms with Crippen LogP contribution in [0.5, 0.6) is 0 Å². The van der Waals surface area contributed by atoms with Crippen LogP contribution in [-0.2, 0) is 33.6 Å². The summed E-state index contributed by atoms with van der Waals surface area (Å²) >= 11 is 0. The Morgan fingerprint density at radius 3 is 2.13 bits per heavy atom. The molecule has 0 spiro atoms. The Bertz CT molecular complexity index is 916. The Kier molecular flexibility index (Phi) is 14.4. The molecular weight excluding hydrogens is 520 g/mol. The van der Waals surface area contributed by atoms with Crippen molar-refractivity contribution in [2.24, 2.45) is 17.2 Å². The van der Waals surface area contributed by atoms with Gasteiger partial charge in [0.2, 0.25) is 35.4 Å². The fourth-order valence-electron chi connectivity index (χ4n) is 3.81. The Morgan fingerprint density at radius 2 is 1.56 bits per heavy atom. The first-order valence-electron chi connectivity index (χ1n) is 12.4. The highest BCUT2D eigenvalue weighted by molar-refractivity contribution is 5.96. The number of nitrogens with zero attached hydrogens (tertiary/aromatic N) is 1.